The monoisotopic (exact) mass is 171 g/mol. The number of aliphatic imine (C=N–C) groups is 1. The first kappa shape index (κ1) is 8.24. The van der Waals surface area contributed by atoms with Crippen LogP contribution >= 0.6 is 0 Å². The summed E-state index contributed by atoms with van der Waals surface area (Å²) in [6, 6.07) is 8.33. The second kappa shape index (κ2) is 3.17. The summed E-state index contributed by atoms with van der Waals surface area (Å²) in [6.07, 6.45) is 2.82. The van der Waals surface area contributed by atoms with Crippen LogP contribution in [-0.4, -0.2) is 5.71 Å². The fraction of sp³-hybridized carbons (Fsp3) is 0.250. The minimum Gasteiger partial charge on any atom is -0.257 e. The molecule has 0 aromatic heterocycles. The summed E-state index contributed by atoms with van der Waals surface area (Å²) in [5, 5.41) is 0. The highest BCUT2D eigenvalue weighted by molar-refractivity contribution is 5.98. The van der Waals surface area contributed by atoms with Crippen LogP contribution < -0.4 is 0 Å². The molecule has 1 aliphatic rings. The molecule has 1 aliphatic heterocycles. The van der Waals surface area contributed by atoms with Crippen LogP contribution in [0.15, 0.2) is 41.9 Å². The van der Waals surface area contributed by atoms with Crippen LogP contribution in [0.1, 0.15) is 24.8 Å². The second-order valence-corrected chi connectivity index (χ2v) is 3.38. The van der Waals surface area contributed by atoms with Gasteiger partial charge in [-0.25, -0.2) is 0 Å². The molecule has 0 bridgehead atoms. The van der Waals surface area contributed by atoms with Crippen molar-refractivity contribution >= 4 is 11.4 Å². The maximum Gasteiger partial charge on any atom is 0.0667 e. The van der Waals surface area contributed by atoms with Gasteiger partial charge in [0.05, 0.1) is 5.69 Å². The highest BCUT2D eigenvalue weighted by Crippen LogP contribution is 2.35. The molecule has 1 heterocycles. The summed E-state index contributed by atoms with van der Waals surface area (Å²) in [5.74, 6) is 0.467. The van der Waals surface area contributed by atoms with E-state index in [2.05, 4.69) is 36.7 Å². The number of hydrogen-bond donors (Lipinski definition) is 0. The third-order valence-corrected chi connectivity index (χ3v) is 2.52. The van der Waals surface area contributed by atoms with Crippen molar-refractivity contribution in [3.8, 4) is 0 Å². The van der Waals surface area contributed by atoms with Crippen LogP contribution in [0.4, 0.5) is 5.69 Å². The van der Waals surface area contributed by atoms with E-state index in [0.717, 1.165) is 12.1 Å². The van der Waals surface area contributed by atoms with Gasteiger partial charge < -0.3 is 0 Å². The average Bonchev–Trinajstić information content (AvgIpc) is 2.46. The zero-order valence-corrected chi connectivity index (χ0v) is 7.83. The largest absolute Gasteiger partial charge is 0.257 e. The van der Waals surface area contributed by atoms with Gasteiger partial charge in [0.15, 0.2) is 0 Å². The van der Waals surface area contributed by atoms with Crippen LogP contribution in [-0.2, 0) is 0 Å². The molecule has 1 unspecified atom stereocenters. The van der Waals surface area contributed by atoms with Gasteiger partial charge in [0, 0.05) is 18.1 Å². The third-order valence-electron chi connectivity index (χ3n) is 2.52. The molecule has 0 saturated heterocycles. The van der Waals surface area contributed by atoms with Crippen molar-refractivity contribution in [2.75, 3.05) is 0 Å². The minimum absolute atomic E-state index is 0.467. The van der Waals surface area contributed by atoms with E-state index >= 15 is 0 Å². The topological polar surface area (TPSA) is 12.4 Å². The fourth-order valence-corrected chi connectivity index (χ4v) is 1.76. The highest BCUT2D eigenvalue weighted by Gasteiger charge is 2.20. The van der Waals surface area contributed by atoms with Crippen LogP contribution in [0.2, 0.25) is 0 Å². The molecule has 2 rings (SSSR count). The van der Waals surface area contributed by atoms with Gasteiger partial charge in [-0.2, -0.15) is 0 Å². The van der Waals surface area contributed by atoms with E-state index in [0.29, 0.717) is 5.92 Å². The Morgan fingerprint density at radius 2 is 2.23 bits per heavy atom. The first-order valence-corrected chi connectivity index (χ1v) is 4.60. The van der Waals surface area contributed by atoms with Crippen molar-refractivity contribution in [3.05, 3.63) is 42.5 Å². The first-order valence-electron chi connectivity index (χ1n) is 4.60. The molecule has 0 fully saturated rings. The number of rotatable bonds is 2. The standard InChI is InChI=1S/C12H13N/c1-3-6-11-9(2)10-7-4-5-8-12(10)13-11/h3-5,7-9H,1,6H2,2H3. The molecular formula is C12H13N. The summed E-state index contributed by atoms with van der Waals surface area (Å²) in [4.78, 5) is 4.57. The molecule has 0 radical (unpaired) electrons. The average molecular weight is 171 g/mol. The zero-order chi connectivity index (χ0) is 9.26. The summed E-state index contributed by atoms with van der Waals surface area (Å²) in [6.45, 7) is 5.94. The molecule has 66 valence electrons. The first-order chi connectivity index (χ1) is 6.33. The van der Waals surface area contributed by atoms with Gasteiger partial charge in [-0.05, 0) is 11.6 Å². The van der Waals surface area contributed by atoms with Gasteiger partial charge in [-0.3, -0.25) is 4.99 Å². The molecule has 1 heteroatoms. The number of fused-ring (bicyclic) bond motifs is 1. The molecule has 1 nitrogen and oxygen atoms in total. The molecule has 0 saturated carbocycles. The van der Waals surface area contributed by atoms with Gasteiger partial charge in [0.1, 0.15) is 0 Å². The Morgan fingerprint density at radius 1 is 1.46 bits per heavy atom. The van der Waals surface area contributed by atoms with Gasteiger partial charge in [0.25, 0.3) is 0 Å². The van der Waals surface area contributed by atoms with Gasteiger partial charge in [-0.15, -0.1) is 6.58 Å². The Kier molecular flexibility index (Phi) is 2.01. The third kappa shape index (κ3) is 1.31. The Balaban J connectivity index is 2.38. The molecule has 1 atom stereocenters. The summed E-state index contributed by atoms with van der Waals surface area (Å²) < 4.78 is 0. The van der Waals surface area contributed by atoms with Crippen molar-refractivity contribution < 1.29 is 0 Å². The fourth-order valence-electron chi connectivity index (χ4n) is 1.76. The van der Waals surface area contributed by atoms with Crippen molar-refractivity contribution in [3.63, 3.8) is 0 Å². The highest BCUT2D eigenvalue weighted by atomic mass is 14.8. The quantitative estimate of drug-likeness (QED) is 0.604. The van der Waals surface area contributed by atoms with E-state index in [4.69, 9.17) is 0 Å². The lowest BCUT2D eigenvalue weighted by Gasteiger charge is -2.05. The lowest BCUT2D eigenvalue weighted by molar-refractivity contribution is 1.03. The molecule has 0 N–H and O–H groups in total. The van der Waals surface area contributed by atoms with Gasteiger partial charge >= 0.3 is 0 Å². The maximum absolute atomic E-state index is 4.57. The van der Waals surface area contributed by atoms with Crippen molar-refractivity contribution in [2.45, 2.75) is 19.3 Å². The van der Waals surface area contributed by atoms with Crippen LogP contribution in [0, 0.1) is 0 Å². The number of benzene rings is 1. The normalized spacial score (nSPS) is 19.5. The summed E-state index contributed by atoms with van der Waals surface area (Å²) >= 11 is 0. The Hall–Kier alpha value is -1.37. The Labute approximate surface area is 78.8 Å². The number of allylic oxidation sites excluding steroid dienone is 1. The Bertz CT molecular complexity index is 363. The number of hydrogen-bond acceptors (Lipinski definition) is 1. The molecule has 0 aliphatic carbocycles. The number of nitrogens with zero attached hydrogens (tertiary/aromatic N) is 1. The molecule has 0 spiro atoms. The van der Waals surface area contributed by atoms with E-state index in [1.165, 1.54) is 11.3 Å². The second-order valence-electron chi connectivity index (χ2n) is 3.38. The van der Waals surface area contributed by atoms with Gasteiger partial charge in [0.2, 0.25) is 0 Å². The van der Waals surface area contributed by atoms with Crippen molar-refractivity contribution in [1.29, 1.82) is 0 Å². The zero-order valence-electron chi connectivity index (χ0n) is 7.83. The van der Waals surface area contributed by atoms with E-state index in [1.54, 1.807) is 0 Å². The number of para-hydroxylation sites is 1. The molecule has 1 aromatic carbocycles. The van der Waals surface area contributed by atoms with Gasteiger partial charge in [-0.1, -0.05) is 31.2 Å². The van der Waals surface area contributed by atoms with Crippen molar-refractivity contribution in [2.24, 2.45) is 4.99 Å². The van der Waals surface area contributed by atoms with Crippen molar-refractivity contribution in [1.82, 2.24) is 0 Å². The Morgan fingerprint density at radius 3 is 2.92 bits per heavy atom. The lowest BCUT2D eigenvalue weighted by atomic mass is 9.96. The molecule has 13 heavy (non-hydrogen) atoms. The molecular weight excluding hydrogens is 158 g/mol. The summed E-state index contributed by atoms with van der Waals surface area (Å²) in [5.41, 5.74) is 3.71. The smallest absolute Gasteiger partial charge is 0.0667 e. The van der Waals surface area contributed by atoms with E-state index in [1.807, 2.05) is 12.1 Å². The SMILES string of the molecule is C=CCC1=Nc2ccccc2C1C. The van der Waals surface area contributed by atoms with Crippen LogP contribution in [0.3, 0.4) is 0 Å². The summed E-state index contributed by atoms with van der Waals surface area (Å²) in [7, 11) is 0. The predicted molar refractivity (Wildman–Crippen MR) is 56.8 cm³/mol. The predicted octanol–water partition coefficient (Wildman–Crippen LogP) is 3.45. The van der Waals surface area contributed by atoms with E-state index in [-0.39, 0.29) is 0 Å². The van der Waals surface area contributed by atoms with E-state index in [9.17, 15) is 0 Å². The maximum atomic E-state index is 4.57. The molecule has 1 aromatic rings. The van der Waals surface area contributed by atoms with E-state index < -0.39 is 0 Å². The van der Waals surface area contributed by atoms with Crippen LogP contribution in [0.5, 0.6) is 0 Å². The van der Waals surface area contributed by atoms with Crippen LogP contribution in [0.25, 0.3) is 0 Å². The lowest BCUT2D eigenvalue weighted by Crippen LogP contribution is -2.02. The molecule has 0 amide bonds. The minimum atomic E-state index is 0.467.